The van der Waals surface area contributed by atoms with Crippen molar-refractivity contribution >= 4 is 35.5 Å². The van der Waals surface area contributed by atoms with Crippen LogP contribution >= 0.6 is 11.6 Å². The van der Waals surface area contributed by atoms with Crippen LogP contribution in [0.15, 0.2) is 18.2 Å². The van der Waals surface area contributed by atoms with E-state index in [0.717, 1.165) is 18.2 Å². The predicted octanol–water partition coefficient (Wildman–Crippen LogP) is 3.34. The van der Waals surface area contributed by atoms with Crippen LogP contribution in [-0.4, -0.2) is 46.9 Å². The van der Waals surface area contributed by atoms with E-state index >= 15 is 0 Å². The lowest BCUT2D eigenvalue weighted by atomic mass is 9.95. The van der Waals surface area contributed by atoms with Crippen molar-refractivity contribution in [1.82, 2.24) is 10.2 Å². The first-order chi connectivity index (χ1) is 13.9. The fourth-order valence-electron chi connectivity index (χ4n) is 2.99. The van der Waals surface area contributed by atoms with Gasteiger partial charge in [-0.05, 0) is 38.0 Å². The average Bonchev–Trinajstić information content (AvgIpc) is 2.67. The Labute approximate surface area is 174 Å². The summed E-state index contributed by atoms with van der Waals surface area (Å²) >= 11 is 5.55. The molecule has 0 bridgehead atoms. The SMILES string of the molecule is CC(NC(=O)C1CCN(C(=O)/C=C/c2c(C(F)(F)F)ccc(Cl)c2F)CC1)C(=O)O. The molecule has 0 spiro atoms. The smallest absolute Gasteiger partial charge is 0.417 e. The topological polar surface area (TPSA) is 86.7 Å². The molecule has 2 rings (SSSR count). The van der Waals surface area contributed by atoms with Gasteiger partial charge in [0, 0.05) is 30.6 Å². The lowest BCUT2D eigenvalue weighted by molar-refractivity contribution is -0.142. The minimum absolute atomic E-state index is 0.146. The highest BCUT2D eigenvalue weighted by atomic mass is 35.5. The van der Waals surface area contributed by atoms with E-state index < -0.39 is 57.9 Å². The molecule has 6 nitrogen and oxygen atoms in total. The number of carboxylic acids is 1. The molecule has 11 heteroatoms. The van der Waals surface area contributed by atoms with Gasteiger partial charge in [-0.25, -0.2) is 4.39 Å². The van der Waals surface area contributed by atoms with Crippen LogP contribution in [0.4, 0.5) is 17.6 Å². The van der Waals surface area contributed by atoms with E-state index in [2.05, 4.69) is 5.32 Å². The minimum atomic E-state index is -4.83. The third kappa shape index (κ3) is 5.71. The van der Waals surface area contributed by atoms with Gasteiger partial charge in [-0.1, -0.05) is 11.6 Å². The van der Waals surface area contributed by atoms with Gasteiger partial charge in [0.2, 0.25) is 11.8 Å². The molecule has 1 heterocycles. The van der Waals surface area contributed by atoms with E-state index in [-0.39, 0.29) is 25.9 Å². The first-order valence-electron chi connectivity index (χ1n) is 8.97. The van der Waals surface area contributed by atoms with Crippen molar-refractivity contribution < 1.29 is 37.1 Å². The molecule has 1 unspecified atom stereocenters. The molecule has 1 aromatic rings. The van der Waals surface area contributed by atoms with E-state index in [4.69, 9.17) is 16.7 Å². The molecule has 1 atom stereocenters. The van der Waals surface area contributed by atoms with Crippen LogP contribution in [0.25, 0.3) is 6.08 Å². The van der Waals surface area contributed by atoms with Gasteiger partial charge < -0.3 is 15.3 Å². The first kappa shape index (κ1) is 23.7. The summed E-state index contributed by atoms with van der Waals surface area (Å²) in [6.45, 7) is 1.62. The molecule has 2 amide bonds. The molecule has 1 saturated heterocycles. The van der Waals surface area contributed by atoms with Crippen LogP contribution < -0.4 is 5.32 Å². The highest BCUT2D eigenvalue weighted by molar-refractivity contribution is 6.30. The number of piperidine rings is 1. The lowest BCUT2D eigenvalue weighted by Gasteiger charge is -2.31. The Morgan fingerprint density at radius 1 is 1.27 bits per heavy atom. The van der Waals surface area contributed by atoms with Gasteiger partial charge in [-0.2, -0.15) is 13.2 Å². The van der Waals surface area contributed by atoms with Crippen molar-refractivity contribution in [3.05, 3.63) is 40.2 Å². The fraction of sp³-hybridized carbons (Fsp3) is 0.421. The number of amides is 2. The fourth-order valence-corrected chi connectivity index (χ4v) is 3.16. The zero-order valence-electron chi connectivity index (χ0n) is 15.8. The maximum Gasteiger partial charge on any atom is 0.417 e. The Bertz CT molecular complexity index is 865. The van der Waals surface area contributed by atoms with Gasteiger partial charge in [-0.15, -0.1) is 0 Å². The monoisotopic (exact) mass is 450 g/mol. The van der Waals surface area contributed by atoms with Gasteiger partial charge in [0.25, 0.3) is 0 Å². The van der Waals surface area contributed by atoms with E-state index in [1.54, 1.807) is 0 Å². The largest absolute Gasteiger partial charge is 0.480 e. The highest BCUT2D eigenvalue weighted by Gasteiger charge is 2.35. The Morgan fingerprint density at radius 3 is 2.40 bits per heavy atom. The number of hydrogen-bond donors (Lipinski definition) is 2. The van der Waals surface area contributed by atoms with Crippen molar-refractivity contribution in [2.45, 2.75) is 32.0 Å². The number of nitrogens with zero attached hydrogens (tertiary/aromatic N) is 1. The highest BCUT2D eigenvalue weighted by Crippen LogP contribution is 2.36. The van der Waals surface area contributed by atoms with Crippen LogP contribution in [0.5, 0.6) is 0 Å². The second-order valence-electron chi connectivity index (χ2n) is 6.82. The standard InChI is InChI=1S/C19H19ClF4N2O4/c1-10(18(29)30)25-17(28)11-6-8-26(9-7-11)15(27)5-2-12-13(19(22,23)24)3-4-14(20)16(12)21/h2-5,10-11H,6-9H2,1H3,(H,25,28)(H,29,30)/b5-2+. The summed E-state index contributed by atoms with van der Waals surface area (Å²) in [5.74, 6) is -4.02. The van der Waals surface area contributed by atoms with Crippen LogP contribution in [0.3, 0.4) is 0 Å². The summed E-state index contributed by atoms with van der Waals surface area (Å²) < 4.78 is 53.3. The second-order valence-corrected chi connectivity index (χ2v) is 7.23. The Hall–Kier alpha value is -2.62. The number of nitrogens with one attached hydrogen (secondary N) is 1. The van der Waals surface area contributed by atoms with Gasteiger partial charge in [-0.3, -0.25) is 14.4 Å². The van der Waals surface area contributed by atoms with Gasteiger partial charge in [0.1, 0.15) is 11.9 Å². The molecule has 0 aliphatic carbocycles. The van der Waals surface area contributed by atoms with Gasteiger partial charge in [0.05, 0.1) is 10.6 Å². The van der Waals surface area contributed by atoms with Crippen molar-refractivity contribution in [3.8, 4) is 0 Å². The zero-order chi connectivity index (χ0) is 22.6. The molecular formula is C19H19ClF4N2O4. The molecule has 1 fully saturated rings. The minimum Gasteiger partial charge on any atom is -0.480 e. The molecule has 1 aromatic carbocycles. The molecule has 1 aliphatic heterocycles. The summed E-state index contributed by atoms with van der Waals surface area (Å²) in [5.41, 5.74) is -2.09. The Morgan fingerprint density at radius 2 is 1.87 bits per heavy atom. The molecular weight excluding hydrogens is 432 g/mol. The lowest BCUT2D eigenvalue weighted by Crippen LogP contribution is -2.46. The molecule has 0 aromatic heterocycles. The van der Waals surface area contributed by atoms with Gasteiger partial charge >= 0.3 is 12.1 Å². The quantitative estimate of drug-likeness (QED) is 0.532. The van der Waals surface area contributed by atoms with Crippen LogP contribution in [-0.2, 0) is 20.6 Å². The number of hydrogen-bond acceptors (Lipinski definition) is 3. The van der Waals surface area contributed by atoms with E-state index in [0.29, 0.717) is 6.07 Å². The van der Waals surface area contributed by atoms with Crippen molar-refractivity contribution in [3.63, 3.8) is 0 Å². The van der Waals surface area contributed by atoms with Gasteiger partial charge in [0.15, 0.2) is 0 Å². The van der Waals surface area contributed by atoms with Crippen molar-refractivity contribution in [2.75, 3.05) is 13.1 Å². The van der Waals surface area contributed by atoms with E-state index in [9.17, 15) is 31.9 Å². The number of likely N-dealkylation sites (tertiary alicyclic amines) is 1. The Balaban J connectivity index is 2.04. The number of alkyl halides is 3. The van der Waals surface area contributed by atoms with Crippen LogP contribution in [0, 0.1) is 11.7 Å². The summed E-state index contributed by atoms with van der Waals surface area (Å²) in [6, 6.07) is 0.382. The normalized spacial score (nSPS) is 16.5. The summed E-state index contributed by atoms with van der Waals surface area (Å²) in [4.78, 5) is 36.5. The predicted molar refractivity (Wildman–Crippen MR) is 100.0 cm³/mol. The first-order valence-corrected chi connectivity index (χ1v) is 9.35. The van der Waals surface area contributed by atoms with Crippen molar-refractivity contribution in [1.29, 1.82) is 0 Å². The molecule has 1 aliphatic rings. The third-order valence-corrected chi connectivity index (χ3v) is 5.03. The molecule has 0 saturated carbocycles. The zero-order valence-corrected chi connectivity index (χ0v) is 16.6. The number of carboxylic acid groups (broad SMARTS) is 1. The number of carbonyl (C=O) groups is 3. The Kier molecular flexibility index (Phi) is 7.46. The second kappa shape index (κ2) is 9.46. The number of aliphatic carboxylic acids is 1. The maximum absolute atomic E-state index is 14.1. The number of rotatable bonds is 5. The molecule has 164 valence electrons. The van der Waals surface area contributed by atoms with Crippen molar-refractivity contribution in [2.24, 2.45) is 5.92 Å². The number of halogens is 5. The molecule has 30 heavy (non-hydrogen) atoms. The maximum atomic E-state index is 14.1. The van der Waals surface area contributed by atoms with Crippen LogP contribution in [0.1, 0.15) is 30.9 Å². The number of carbonyl (C=O) groups excluding carboxylic acids is 2. The third-order valence-electron chi connectivity index (χ3n) is 4.74. The molecule has 2 N–H and O–H groups in total. The summed E-state index contributed by atoms with van der Waals surface area (Å²) in [7, 11) is 0. The van der Waals surface area contributed by atoms with E-state index in [1.165, 1.54) is 11.8 Å². The number of benzene rings is 1. The van der Waals surface area contributed by atoms with Crippen LogP contribution in [0.2, 0.25) is 5.02 Å². The molecule has 0 radical (unpaired) electrons. The summed E-state index contributed by atoms with van der Waals surface area (Å²) in [6.07, 6.45) is -2.74. The summed E-state index contributed by atoms with van der Waals surface area (Å²) in [5, 5.41) is 10.7. The van der Waals surface area contributed by atoms with E-state index in [1.807, 2.05) is 0 Å². The average molecular weight is 451 g/mol.